The van der Waals surface area contributed by atoms with Crippen molar-refractivity contribution in [2.75, 3.05) is 25.4 Å². The van der Waals surface area contributed by atoms with Gasteiger partial charge in [-0.15, -0.1) is 0 Å². The fourth-order valence-corrected chi connectivity index (χ4v) is 5.17. The first-order chi connectivity index (χ1) is 13.8. The predicted octanol–water partition coefficient (Wildman–Crippen LogP) is -0.633. The highest BCUT2D eigenvalue weighted by atomic mass is 32.2. The number of hydrogen-bond donors (Lipinski definition) is 2. The van der Waals surface area contributed by atoms with Crippen LogP contribution in [0.4, 0.5) is 4.79 Å². The van der Waals surface area contributed by atoms with Gasteiger partial charge in [0.1, 0.15) is 18.4 Å². The summed E-state index contributed by atoms with van der Waals surface area (Å²) < 4.78 is 0. The van der Waals surface area contributed by atoms with Crippen molar-refractivity contribution >= 4 is 41.9 Å². The highest BCUT2D eigenvalue weighted by Crippen LogP contribution is 2.24. The minimum Gasteiger partial charge on any atom is -0.368 e. The minimum absolute atomic E-state index is 0.0504. The summed E-state index contributed by atoms with van der Waals surface area (Å²) in [5.74, 6) is -0.643. The Labute approximate surface area is 174 Å². The number of nitrogens with zero attached hydrogens (tertiary/aromatic N) is 4. The molecule has 0 aromatic rings. The van der Waals surface area contributed by atoms with Gasteiger partial charge in [-0.2, -0.15) is 11.8 Å². The van der Waals surface area contributed by atoms with E-state index in [1.807, 2.05) is 11.8 Å². The third kappa shape index (κ3) is 4.55. The van der Waals surface area contributed by atoms with Crippen LogP contribution in [-0.4, -0.2) is 93.6 Å². The third-order valence-electron chi connectivity index (χ3n) is 5.67. The lowest BCUT2D eigenvalue weighted by atomic mass is 10.0. The van der Waals surface area contributed by atoms with Crippen LogP contribution >= 0.6 is 11.8 Å². The molecule has 0 aromatic carbocycles. The van der Waals surface area contributed by atoms with Gasteiger partial charge in [-0.05, 0) is 19.3 Å². The molecule has 2 saturated heterocycles. The Morgan fingerprint density at radius 2 is 2.10 bits per heavy atom. The van der Waals surface area contributed by atoms with Crippen LogP contribution in [0.5, 0.6) is 0 Å². The maximum absolute atomic E-state index is 13.0. The Bertz CT molecular complexity index is 716. The fourth-order valence-electron chi connectivity index (χ4n) is 3.99. The molecule has 0 aromatic heterocycles. The number of thioether (sulfide) groups is 1. The fraction of sp³-hybridized carbons (Fsp3) is 0.722. The SMILES string of the molecule is CCC1CN(C(=O)N2C=NC(=O)C2C[C@H](N)C(=O)N2CCC[C@H]2C(N)=O)CCS1. The molecule has 29 heavy (non-hydrogen) atoms. The van der Waals surface area contributed by atoms with Crippen LogP contribution in [0, 0.1) is 0 Å². The normalized spacial score (nSPS) is 28.1. The minimum atomic E-state index is -1.03. The van der Waals surface area contributed by atoms with Crippen LogP contribution in [0.1, 0.15) is 32.6 Å². The molecule has 3 aliphatic rings. The first-order valence-electron chi connectivity index (χ1n) is 9.95. The molecular weight excluding hydrogens is 396 g/mol. The van der Waals surface area contributed by atoms with E-state index in [0.717, 1.165) is 12.2 Å². The van der Waals surface area contributed by atoms with Crippen molar-refractivity contribution < 1.29 is 19.2 Å². The number of nitrogens with two attached hydrogens (primary N) is 2. The van der Waals surface area contributed by atoms with Crippen molar-refractivity contribution in [3.63, 3.8) is 0 Å². The van der Waals surface area contributed by atoms with Gasteiger partial charge in [-0.25, -0.2) is 9.79 Å². The van der Waals surface area contributed by atoms with Crippen LogP contribution in [0.3, 0.4) is 0 Å². The number of carbonyl (C=O) groups is 4. The quantitative estimate of drug-likeness (QED) is 0.601. The zero-order valence-electron chi connectivity index (χ0n) is 16.5. The molecular formula is C18H28N6O4S. The molecule has 3 rings (SSSR count). The summed E-state index contributed by atoms with van der Waals surface area (Å²) >= 11 is 1.84. The first-order valence-corrected chi connectivity index (χ1v) is 11.0. The zero-order valence-corrected chi connectivity index (χ0v) is 17.3. The number of hydrogen-bond acceptors (Lipinski definition) is 6. The van der Waals surface area contributed by atoms with Crippen LogP contribution in [0.25, 0.3) is 0 Å². The molecule has 2 unspecified atom stereocenters. The average Bonchev–Trinajstić information content (AvgIpc) is 3.34. The van der Waals surface area contributed by atoms with Crippen LogP contribution in [0.2, 0.25) is 0 Å². The molecule has 3 aliphatic heterocycles. The number of amides is 5. The van der Waals surface area contributed by atoms with Gasteiger partial charge in [0.25, 0.3) is 5.91 Å². The van der Waals surface area contributed by atoms with Gasteiger partial charge in [0.15, 0.2) is 0 Å². The number of aliphatic imine (C=N–C) groups is 1. The van der Waals surface area contributed by atoms with Crippen LogP contribution in [0.15, 0.2) is 4.99 Å². The van der Waals surface area contributed by atoms with Crippen molar-refractivity contribution in [2.24, 2.45) is 16.5 Å². The Balaban J connectivity index is 1.65. The van der Waals surface area contributed by atoms with Crippen LogP contribution < -0.4 is 11.5 Å². The van der Waals surface area contributed by atoms with Crippen molar-refractivity contribution in [1.82, 2.24) is 14.7 Å². The van der Waals surface area contributed by atoms with E-state index in [0.29, 0.717) is 37.7 Å². The summed E-state index contributed by atoms with van der Waals surface area (Å²) in [5, 5.41) is 0.367. The van der Waals surface area contributed by atoms with Gasteiger partial charge >= 0.3 is 6.03 Å². The topological polar surface area (TPSA) is 142 Å². The van der Waals surface area contributed by atoms with Gasteiger partial charge in [0.05, 0.1) is 6.04 Å². The summed E-state index contributed by atoms with van der Waals surface area (Å²) in [6.45, 7) is 3.70. The molecule has 0 bridgehead atoms. The van der Waals surface area contributed by atoms with Gasteiger partial charge in [-0.1, -0.05) is 6.92 Å². The molecule has 0 spiro atoms. The van der Waals surface area contributed by atoms with Crippen molar-refractivity contribution in [2.45, 2.75) is 56.0 Å². The molecule has 4 N–H and O–H groups in total. The summed E-state index contributed by atoms with van der Waals surface area (Å²) in [6, 6.07) is -2.90. The Morgan fingerprint density at radius 3 is 2.79 bits per heavy atom. The molecule has 0 aliphatic carbocycles. The number of primary amides is 1. The summed E-state index contributed by atoms with van der Waals surface area (Å²) in [6.07, 6.45) is 3.33. The molecule has 3 heterocycles. The van der Waals surface area contributed by atoms with Gasteiger partial charge in [-0.3, -0.25) is 19.3 Å². The third-order valence-corrected chi connectivity index (χ3v) is 7.05. The second-order valence-corrected chi connectivity index (χ2v) is 8.98. The summed E-state index contributed by atoms with van der Waals surface area (Å²) in [4.78, 5) is 57.7. The Morgan fingerprint density at radius 1 is 1.34 bits per heavy atom. The Hall–Kier alpha value is -2.14. The lowest BCUT2D eigenvalue weighted by molar-refractivity contribution is -0.138. The van der Waals surface area contributed by atoms with E-state index < -0.39 is 35.8 Å². The maximum atomic E-state index is 13.0. The van der Waals surface area contributed by atoms with E-state index in [1.165, 1.54) is 16.1 Å². The van der Waals surface area contributed by atoms with Gasteiger partial charge in [0.2, 0.25) is 11.8 Å². The average molecular weight is 425 g/mol. The highest BCUT2D eigenvalue weighted by molar-refractivity contribution is 8.00. The lowest BCUT2D eigenvalue weighted by Gasteiger charge is -2.35. The second kappa shape index (κ2) is 9.12. The van der Waals surface area contributed by atoms with Crippen molar-refractivity contribution in [3.05, 3.63) is 0 Å². The smallest absolute Gasteiger partial charge is 0.326 e. The molecule has 160 valence electrons. The second-order valence-electron chi connectivity index (χ2n) is 7.57. The number of urea groups is 1. The largest absolute Gasteiger partial charge is 0.368 e. The maximum Gasteiger partial charge on any atom is 0.326 e. The van der Waals surface area contributed by atoms with E-state index >= 15 is 0 Å². The van der Waals surface area contributed by atoms with E-state index in [9.17, 15) is 19.2 Å². The van der Waals surface area contributed by atoms with E-state index in [2.05, 4.69) is 11.9 Å². The molecule has 2 fully saturated rings. The van der Waals surface area contributed by atoms with E-state index in [-0.39, 0.29) is 12.5 Å². The molecule has 10 nitrogen and oxygen atoms in total. The standard InChI is InChI=1S/C18H28N6O4S/c1-2-11-9-22(6-7-29-11)18(28)24-10-21-16(26)14(24)8-12(19)17(27)23-5-3-4-13(23)15(20)25/h10-14H,2-9,19H2,1H3,(H2,20,25)/t11?,12-,13-,14?/m0/s1. The molecule has 5 amide bonds. The Kier molecular flexibility index (Phi) is 6.78. The zero-order chi connectivity index (χ0) is 21.1. The highest BCUT2D eigenvalue weighted by Gasteiger charge is 2.41. The molecule has 11 heteroatoms. The van der Waals surface area contributed by atoms with Crippen molar-refractivity contribution in [1.29, 1.82) is 0 Å². The number of carbonyl (C=O) groups excluding carboxylic acids is 4. The van der Waals surface area contributed by atoms with Crippen LogP contribution in [-0.2, 0) is 14.4 Å². The lowest BCUT2D eigenvalue weighted by Crippen LogP contribution is -2.55. The van der Waals surface area contributed by atoms with E-state index in [1.54, 1.807) is 4.90 Å². The van der Waals surface area contributed by atoms with Gasteiger partial charge in [0, 0.05) is 37.1 Å². The summed E-state index contributed by atoms with van der Waals surface area (Å²) in [7, 11) is 0. The van der Waals surface area contributed by atoms with Gasteiger partial charge < -0.3 is 21.3 Å². The number of rotatable bonds is 5. The predicted molar refractivity (Wildman–Crippen MR) is 109 cm³/mol. The van der Waals surface area contributed by atoms with E-state index in [4.69, 9.17) is 11.5 Å². The first kappa shape index (κ1) is 21.6. The number of likely N-dealkylation sites (tertiary alicyclic amines) is 1. The molecule has 4 atom stereocenters. The monoisotopic (exact) mass is 424 g/mol. The summed E-state index contributed by atoms with van der Waals surface area (Å²) in [5.41, 5.74) is 11.5. The molecule has 0 radical (unpaired) electrons. The van der Waals surface area contributed by atoms with Crippen molar-refractivity contribution in [3.8, 4) is 0 Å². The molecule has 0 saturated carbocycles.